The number of hydrogen-bond acceptors (Lipinski definition) is 2. The number of fused-ring (bicyclic) bond motifs is 1. The van der Waals surface area contributed by atoms with Gasteiger partial charge in [0, 0.05) is 22.9 Å². The Balaban J connectivity index is 1.87. The summed E-state index contributed by atoms with van der Waals surface area (Å²) in [6, 6.07) is 10.1. The van der Waals surface area contributed by atoms with E-state index < -0.39 is 6.10 Å². The van der Waals surface area contributed by atoms with Crippen LogP contribution in [0.5, 0.6) is 5.75 Å². The summed E-state index contributed by atoms with van der Waals surface area (Å²) in [5, 5.41) is 10.4. The highest BCUT2D eigenvalue weighted by atomic mass is 79.9. The third kappa shape index (κ3) is 2.72. The van der Waals surface area contributed by atoms with Gasteiger partial charge in [-0.1, -0.05) is 28.1 Å². The third-order valence-electron chi connectivity index (χ3n) is 3.48. The molecule has 0 radical (unpaired) electrons. The van der Waals surface area contributed by atoms with Crippen molar-refractivity contribution in [3.05, 3.63) is 63.4 Å². The summed E-state index contributed by atoms with van der Waals surface area (Å²) in [5.41, 5.74) is 2.80. The lowest BCUT2D eigenvalue weighted by molar-refractivity contribution is 0.173. The molecule has 4 heteroatoms. The van der Waals surface area contributed by atoms with E-state index in [0.29, 0.717) is 13.0 Å². The normalized spacial score (nSPS) is 14.8. The molecule has 1 atom stereocenters. The van der Waals surface area contributed by atoms with Crippen LogP contribution in [0, 0.1) is 5.82 Å². The summed E-state index contributed by atoms with van der Waals surface area (Å²) >= 11 is 3.46. The number of hydrogen-bond donors (Lipinski definition) is 1. The van der Waals surface area contributed by atoms with Gasteiger partial charge in [0.1, 0.15) is 11.6 Å². The molecule has 0 bridgehead atoms. The van der Waals surface area contributed by atoms with Crippen molar-refractivity contribution < 1.29 is 14.2 Å². The molecule has 0 saturated carbocycles. The van der Waals surface area contributed by atoms with Crippen molar-refractivity contribution in [2.75, 3.05) is 6.61 Å². The molecule has 20 heavy (non-hydrogen) atoms. The van der Waals surface area contributed by atoms with E-state index in [2.05, 4.69) is 15.9 Å². The maximum Gasteiger partial charge on any atom is 0.128 e. The molecule has 0 fully saturated rings. The molecule has 0 saturated heterocycles. The van der Waals surface area contributed by atoms with E-state index in [1.165, 1.54) is 12.1 Å². The molecule has 1 N–H and O–H groups in total. The second-order valence-corrected chi connectivity index (χ2v) is 5.84. The highest BCUT2D eigenvalue weighted by Gasteiger charge is 2.22. The minimum Gasteiger partial charge on any atom is -0.493 e. The van der Waals surface area contributed by atoms with E-state index in [0.717, 1.165) is 33.3 Å². The SMILES string of the molecule is OC(Cc1ccc(F)cc1)c1cc(Br)cc2c1OCC2. The summed E-state index contributed by atoms with van der Waals surface area (Å²) in [7, 11) is 0. The van der Waals surface area contributed by atoms with Crippen molar-refractivity contribution in [1.82, 2.24) is 0 Å². The van der Waals surface area contributed by atoms with Gasteiger partial charge in [0.05, 0.1) is 12.7 Å². The number of aliphatic hydroxyl groups excluding tert-OH is 1. The van der Waals surface area contributed by atoms with Crippen LogP contribution in [0.15, 0.2) is 40.9 Å². The predicted octanol–water partition coefficient (Wildman–Crippen LogP) is 3.80. The van der Waals surface area contributed by atoms with Crippen LogP contribution in [0.25, 0.3) is 0 Å². The molecule has 2 aromatic rings. The minimum atomic E-state index is -0.662. The second kappa shape index (κ2) is 5.54. The second-order valence-electron chi connectivity index (χ2n) is 4.93. The Labute approximate surface area is 125 Å². The Kier molecular flexibility index (Phi) is 3.76. The molecular weight excluding hydrogens is 323 g/mol. The maximum absolute atomic E-state index is 12.9. The Bertz CT molecular complexity index is 625. The van der Waals surface area contributed by atoms with Gasteiger partial charge in [-0.05, 0) is 35.4 Å². The number of benzene rings is 2. The van der Waals surface area contributed by atoms with Gasteiger partial charge in [0.25, 0.3) is 0 Å². The first-order chi connectivity index (χ1) is 9.63. The van der Waals surface area contributed by atoms with Crippen LogP contribution < -0.4 is 4.74 Å². The van der Waals surface area contributed by atoms with Crippen LogP contribution in [-0.2, 0) is 12.8 Å². The molecule has 1 aliphatic heterocycles. The molecule has 0 spiro atoms. The van der Waals surface area contributed by atoms with Crippen molar-refractivity contribution in [3.8, 4) is 5.75 Å². The highest BCUT2D eigenvalue weighted by molar-refractivity contribution is 9.10. The van der Waals surface area contributed by atoms with Crippen LogP contribution in [0.1, 0.15) is 22.8 Å². The molecule has 1 aliphatic rings. The van der Waals surface area contributed by atoms with Crippen LogP contribution in [-0.4, -0.2) is 11.7 Å². The van der Waals surface area contributed by atoms with E-state index in [9.17, 15) is 9.50 Å². The van der Waals surface area contributed by atoms with Gasteiger partial charge < -0.3 is 9.84 Å². The quantitative estimate of drug-likeness (QED) is 0.923. The topological polar surface area (TPSA) is 29.5 Å². The first-order valence-corrected chi connectivity index (χ1v) is 7.30. The third-order valence-corrected chi connectivity index (χ3v) is 3.94. The van der Waals surface area contributed by atoms with E-state index in [1.54, 1.807) is 12.1 Å². The van der Waals surface area contributed by atoms with Gasteiger partial charge in [-0.25, -0.2) is 4.39 Å². The Morgan fingerprint density at radius 1 is 1.25 bits per heavy atom. The zero-order valence-corrected chi connectivity index (χ0v) is 12.4. The summed E-state index contributed by atoms with van der Waals surface area (Å²) in [6.07, 6.45) is 0.641. The molecule has 1 heterocycles. The van der Waals surface area contributed by atoms with Crippen molar-refractivity contribution in [1.29, 1.82) is 0 Å². The smallest absolute Gasteiger partial charge is 0.128 e. The van der Waals surface area contributed by atoms with Crippen molar-refractivity contribution in [2.45, 2.75) is 18.9 Å². The van der Waals surface area contributed by atoms with Crippen molar-refractivity contribution in [3.63, 3.8) is 0 Å². The van der Waals surface area contributed by atoms with Gasteiger partial charge in [0.2, 0.25) is 0 Å². The van der Waals surface area contributed by atoms with Crippen LogP contribution in [0.3, 0.4) is 0 Å². The molecule has 3 rings (SSSR count). The van der Waals surface area contributed by atoms with Crippen LogP contribution in [0.4, 0.5) is 4.39 Å². The summed E-state index contributed by atoms with van der Waals surface area (Å²) < 4.78 is 19.5. The first kappa shape index (κ1) is 13.6. The average Bonchev–Trinajstić information content (AvgIpc) is 2.88. The van der Waals surface area contributed by atoms with E-state index in [1.807, 2.05) is 12.1 Å². The predicted molar refractivity (Wildman–Crippen MR) is 78.4 cm³/mol. The lowest BCUT2D eigenvalue weighted by atomic mass is 9.98. The van der Waals surface area contributed by atoms with Crippen LogP contribution >= 0.6 is 15.9 Å². The lowest BCUT2D eigenvalue weighted by Gasteiger charge is -2.15. The van der Waals surface area contributed by atoms with Crippen molar-refractivity contribution in [2.24, 2.45) is 0 Å². The Morgan fingerprint density at radius 3 is 2.75 bits per heavy atom. The molecule has 0 aromatic heterocycles. The van der Waals surface area contributed by atoms with Gasteiger partial charge in [-0.2, -0.15) is 0 Å². The van der Waals surface area contributed by atoms with Gasteiger partial charge in [-0.15, -0.1) is 0 Å². The van der Waals surface area contributed by atoms with E-state index >= 15 is 0 Å². The maximum atomic E-state index is 12.9. The van der Waals surface area contributed by atoms with Gasteiger partial charge in [0.15, 0.2) is 0 Å². The van der Waals surface area contributed by atoms with Crippen molar-refractivity contribution >= 4 is 15.9 Å². The first-order valence-electron chi connectivity index (χ1n) is 6.51. The number of aliphatic hydroxyl groups is 1. The largest absolute Gasteiger partial charge is 0.493 e. The van der Waals surface area contributed by atoms with Gasteiger partial charge in [-0.3, -0.25) is 0 Å². The Morgan fingerprint density at radius 2 is 2.00 bits per heavy atom. The number of halogens is 2. The fourth-order valence-corrected chi connectivity index (χ4v) is 3.02. The van der Waals surface area contributed by atoms with Gasteiger partial charge >= 0.3 is 0 Å². The molecule has 2 aromatic carbocycles. The monoisotopic (exact) mass is 336 g/mol. The number of rotatable bonds is 3. The fraction of sp³-hybridized carbons (Fsp3) is 0.250. The lowest BCUT2D eigenvalue weighted by Crippen LogP contribution is -2.04. The van der Waals surface area contributed by atoms with E-state index in [4.69, 9.17) is 4.74 Å². The standard InChI is InChI=1S/C16H14BrFO2/c17-12-8-11-5-6-20-16(11)14(9-12)15(19)7-10-1-3-13(18)4-2-10/h1-4,8-9,15,19H,5-7H2. The molecule has 0 amide bonds. The van der Waals surface area contributed by atoms with Crippen LogP contribution in [0.2, 0.25) is 0 Å². The average molecular weight is 337 g/mol. The molecule has 0 aliphatic carbocycles. The van der Waals surface area contributed by atoms with E-state index in [-0.39, 0.29) is 5.82 Å². The molecule has 2 nitrogen and oxygen atoms in total. The molecule has 1 unspecified atom stereocenters. The zero-order valence-electron chi connectivity index (χ0n) is 10.8. The minimum absolute atomic E-state index is 0.269. The molecular formula is C16H14BrFO2. The fourth-order valence-electron chi connectivity index (χ4n) is 2.50. The summed E-state index contributed by atoms with van der Waals surface area (Å²) in [4.78, 5) is 0. The number of ether oxygens (including phenoxy) is 1. The highest BCUT2D eigenvalue weighted by Crippen LogP contribution is 2.37. The summed E-state index contributed by atoms with van der Waals surface area (Å²) in [5.74, 6) is 0.526. The Hall–Kier alpha value is -1.39. The molecule has 104 valence electrons. The zero-order chi connectivity index (χ0) is 14.1. The summed E-state index contributed by atoms with van der Waals surface area (Å²) in [6.45, 7) is 0.655.